The number of aryl methyl sites for hydroxylation is 1. The molecule has 0 N–H and O–H groups in total. The molecule has 0 bridgehead atoms. The molecule has 0 unspecified atom stereocenters. The number of halogens is 1. The van der Waals surface area contributed by atoms with Gasteiger partial charge >= 0.3 is 0 Å². The number of aromatic nitrogens is 1. The Hall–Kier alpha value is -1.75. The van der Waals surface area contributed by atoms with Gasteiger partial charge in [0.15, 0.2) is 5.15 Å². The third kappa shape index (κ3) is 3.53. The molecular formula is C16H19ClN2O3. The van der Waals surface area contributed by atoms with Gasteiger partial charge in [0, 0.05) is 25.5 Å². The standard InChI is InChI=1S/C16H19ClN2O3/c17-15-11-12(22-18-15)7-8-16(20)19-9-3-1-2-5-13(19)14-6-4-10-21-14/h4,6,10-11,13H,1-3,5,7-9H2/t13-/m0/s1. The van der Waals surface area contributed by atoms with Crippen LogP contribution in [-0.4, -0.2) is 22.5 Å². The van der Waals surface area contributed by atoms with Crippen LogP contribution in [0.1, 0.15) is 49.7 Å². The van der Waals surface area contributed by atoms with Crippen molar-refractivity contribution in [2.45, 2.75) is 44.6 Å². The van der Waals surface area contributed by atoms with Gasteiger partial charge in [-0.05, 0) is 25.0 Å². The van der Waals surface area contributed by atoms with Gasteiger partial charge in [-0.2, -0.15) is 0 Å². The van der Waals surface area contributed by atoms with Crippen LogP contribution in [0.25, 0.3) is 0 Å². The van der Waals surface area contributed by atoms with E-state index in [1.54, 1.807) is 12.3 Å². The van der Waals surface area contributed by atoms with Crippen molar-refractivity contribution in [3.8, 4) is 0 Å². The lowest BCUT2D eigenvalue weighted by molar-refractivity contribution is -0.134. The van der Waals surface area contributed by atoms with Gasteiger partial charge in [0.1, 0.15) is 11.5 Å². The molecule has 1 amide bonds. The second-order valence-corrected chi connectivity index (χ2v) is 5.97. The summed E-state index contributed by atoms with van der Waals surface area (Å²) in [5.74, 6) is 1.64. The quantitative estimate of drug-likeness (QED) is 0.853. The summed E-state index contributed by atoms with van der Waals surface area (Å²) in [6, 6.07) is 5.52. The molecule has 5 nitrogen and oxygen atoms in total. The molecule has 1 atom stereocenters. The summed E-state index contributed by atoms with van der Waals surface area (Å²) >= 11 is 5.72. The normalized spacial score (nSPS) is 19.1. The van der Waals surface area contributed by atoms with Crippen molar-refractivity contribution in [1.29, 1.82) is 0 Å². The van der Waals surface area contributed by atoms with Crippen LogP contribution >= 0.6 is 11.6 Å². The van der Waals surface area contributed by atoms with E-state index in [1.807, 2.05) is 17.0 Å². The van der Waals surface area contributed by atoms with E-state index < -0.39 is 0 Å². The number of carbonyl (C=O) groups excluding carboxylic acids is 1. The molecule has 2 aromatic rings. The molecule has 2 aromatic heterocycles. The predicted molar refractivity (Wildman–Crippen MR) is 81.5 cm³/mol. The minimum Gasteiger partial charge on any atom is -0.467 e. The van der Waals surface area contributed by atoms with E-state index in [2.05, 4.69) is 5.16 Å². The Morgan fingerprint density at radius 2 is 2.32 bits per heavy atom. The van der Waals surface area contributed by atoms with E-state index in [1.165, 1.54) is 0 Å². The smallest absolute Gasteiger partial charge is 0.223 e. The predicted octanol–water partition coefficient (Wildman–Crippen LogP) is 4.00. The van der Waals surface area contributed by atoms with Crippen LogP contribution in [0.5, 0.6) is 0 Å². The zero-order valence-corrected chi connectivity index (χ0v) is 13.1. The van der Waals surface area contributed by atoms with Crippen molar-refractivity contribution in [2.75, 3.05) is 6.54 Å². The summed E-state index contributed by atoms with van der Waals surface area (Å²) in [6.45, 7) is 0.779. The minimum absolute atomic E-state index is 0.0447. The lowest BCUT2D eigenvalue weighted by Gasteiger charge is -2.28. The molecule has 0 radical (unpaired) electrons. The van der Waals surface area contributed by atoms with Gasteiger partial charge in [0.2, 0.25) is 5.91 Å². The third-order valence-electron chi connectivity index (χ3n) is 4.06. The molecule has 118 valence electrons. The van der Waals surface area contributed by atoms with Gasteiger partial charge in [-0.1, -0.05) is 29.6 Å². The average molecular weight is 323 g/mol. The van der Waals surface area contributed by atoms with E-state index in [0.717, 1.165) is 38.0 Å². The Kier molecular flexibility index (Phi) is 4.83. The molecule has 0 saturated carbocycles. The van der Waals surface area contributed by atoms with Gasteiger partial charge in [-0.3, -0.25) is 4.79 Å². The van der Waals surface area contributed by atoms with Crippen molar-refractivity contribution in [3.63, 3.8) is 0 Å². The largest absolute Gasteiger partial charge is 0.467 e. The number of likely N-dealkylation sites (tertiary alicyclic amines) is 1. The fourth-order valence-electron chi connectivity index (χ4n) is 2.96. The Morgan fingerprint density at radius 3 is 3.05 bits per heavy atom. The number of rotatable bonds is 4. The molecule has 0 aliphatic carbocycles. The number of amides is 1. The molecule has 22 heavy (non-hydrogen) atoms. The van der Waals surface area contributed by atoms with E-state index in [4.69, 9.17) is 20.5 Å². The Bertz CT molecular complexity index is 609. The van der Waals surface area contributed by atoms with Crippen LogP contribution in [0.3, 0.4) is 0 Å². The monoisotopic (exact) mass is 322 g/mol. The maximum atomic E-state index is 12.6. The van der Waals surface area contributed by atoms with E-state index >= 15 is 0 Å². The number of hydrogen-bond donors (Lipinski definition) is 0. The van der Waals surface area contributed by atoms with Crippen molar-refractivity contribution in [3.05, 3.63) is 41.1 Å². The maximum absolute atomic E-state index is 12.6. The highest BCUT2D eigenvalue weighted by Crippen LogP contribution is 2.31. The number of carbonyl (C=O) groups is 1. The lowest BCUT2D eigenvalue weighted by atomic mass is 10.1. The van der Waals surface area contributed by atoms with Crippen LogP contribution in [0, 0.1) is 0 Å². The first-order valence-corrected chi connectivity index (χ1v) is 8.06. The van der Waals surface area contributed by atoms with Crippen molar-refractivity contribution in [1.82, 2.24) is 10.1 Å². The van der Waals surface area contributed by atoms with Crippen LogP contribution in [-0.2, 0) is 11.2 Å². The summed E-state index contributed by atoms with van der Waals surface area (Å²) in [6.07, 6.45) is 6.83. The molecule has 0 aromatic carbocycles. The fourth-order valence-corrected chi connectivity index (χ4v) is 3.12. The molecule has 1 aliphatic heterocycles. The Balaban J connectivity index is 1.67. The number of nitrogens with zero attached hydrogens (tertiary/aromatic N) is 2. The zero-order chi connectivity index (χ0) is 15.4. The van der Waals surface area contributed by atoms with Gasteiger partial charge in [0.25, 0.3) is 0 Å². The molecular weight excluding hydrogens is 304 g/mol. The molecule has 1 fully saturated rings. The van der Waals surface area contributed by atoms with Crippen LogP contribution in [0.2, 0.25) is 5.15 Å². The maximum Gasteiger partial charge on any atom is 0.223 e. The highest BCUT2D eigenvalue weighted by Gasteiger charge is 2.28. The van der Waals surface area contributed by atoms with Crippen LogP contribution in [0.15, 0.2) is 33.4 Å². The first-order valence-electron chi connectivity index (χ1n) is 7.68. The van der Waals surface area contributed by atoms with Crippen molar-refractivity contribution in [2.24, 2.45) is 0 Å². The average Bonchev–Trinajstić information content (AvgIpc) is 3.12. The Morgan fingerprint density at radius 1 is 1.41 bits per heavy atom. The molecule has 1 aliphatic rings. The first-order chi connectivity index (χ1) is 10.7. The number of furan rings is 1. The van der Waals surface area contributed by atoms with Gasteiger partial charge in [0.05, 0.1) is 12.3 Å². The number of hydrogen-bond acceptors (Lipinski definition) is 4. The highest BCUT2D eigenvalue weighted by molar-refractivity contribution is 6.29. The topological polar surface area (TPSA) is 59.5 Å². The molecule has 6 heteroatoms. The second-order valence-electron chi connectivity index (χ2n) is 5.58. The highest BCUT2D eigenvalue weighted by atomic mass is 35.5. The zero-order valence-electron chi connectivity index (χ0n) is 12.3. The third-order valence-corrected chi connectivity index (χ3v) is 4.24. The summed E-state index contributed by atoms with van der Waals surface area (Å²) < 4.78 is 10.6. The van der Waals surface area contributed by atoms with Crippen LogP contribution in [0.4, 0.5) is 0 Å². The van der Waals surface area contributed by atoms with E-state index in [9.17, 15) is 4.79 Å². The molecule has 1 saturated heterocycles. The van der Waals surface area contributed by atoms with Gasteiger partial charge in [-0.25, -0.2) is 0 Å². The van der Waals surface area contributed by atoms with Gasteiger partial charge < -0.3 is 13.8 Å². The summed E-state index contributed by atoms with van der Waals surface area (Å²) in [5, 5.41) is 3.95. The fraction of sp³-hybridized carbons (Fsp3) is 0.500. The minimum atomic E-state index is 0.0447. The lowest BCUT2D eigenvalue weighted by Crippen LogP contribution is -2.34. The summed E-state index contributed by atoms with van der Waals surface area (Å²) in [7, 11) is 0. The van der Waals surface area contributed by atoms with Crippen molar-refractivity contribution >= 4 is 17.5 Å². The summed E-state index contributed by atoms with van der Waals surface area (Å²) in [4.78, 5) is 14.6. The van der Waals surface area contributed by atoms with Gasteiger partial charge in [-0.15, -0.1) is 0 Å². The summed E-state index contributed by atoms with van der Waals surface area (Å²) in [5.41, 5.74) is 0. The van der Waals surface area contributed by atoms with Crippen molar-refractivity contribution < 1.29 is 13.7 Å². The second kappa shape index (κ2) is 7.01. The first kappa shape index (κ1) is 15.2. The molecule has 3 heterocycles. The Labute approximate surface area is 134 Å². The molecule has 0 spiro atoms. The molecule has 3 rings (SSSR count). The SMILES string of the molecule is O=C(CCc1cc(Cl)no1)N1CCCCC[C@H]1c1ccco1. The van der Waals surface area contributed by atoms with E-state index in [0.29, 0.717) is 23.8 Å². The van der Waals surface area contributed by atoms with E-state index in [-0.39, 0.29) is 11.9 Å². The van der Waals surface area contributed by atoms with Crippen LogP contribution < -0.4 is 0 Å².